The van der Waals surface area contributed by atoms with Gasteiger partial charge >= 0.3 is 0 Å². The molecule has 0 spiro atoms. The van der Waals surface area contributed by atoms with Crippen LogP contribution in [0, 0.1) is 10.1 Å². The lowest BCUT2D eigenvalue weighted by Crippen LogP contribution is -2.31. The third-order valence-electron chi connectivity index (χ3n) is 4.89. The molecule has 1 heterocycles. The smallest absolute Gasteiger partial charge is 0.293 e. The first kappa shape index (κ1) is 21.6. The van der Waals surface area contributed by atoms with Crippen LogP contribution in [0.15, 0.2) is 23.1 Å². The summed E-state index contributed by atoms with van der Waals surface area (Å²) >= 11 is 0. The molecule has 1 atom stereocenters. The molecular formula is C16H25N3O6S2. The van der Waals surface area contributed by atoms with Crippen molar-refractivity contribution in [2.24, 2.45) is 0 Å². The Balaban J connectivity index is 2.47. The molecule has 0 aliphatic carbocycles. The van der Waals surface area contributed by atoms with E-state index in [1.54, 1.807) is 25.7 Å². The van der Waals surface area contributed by atoms with Crippen molar-refractivity contribution >= 4 is 31.2 Å². The van der Waals surface area contributed by atoms with Gasteiger partial charge in [0.15, 0.2) is 9.84 Å². The summed E-state index contributed by atoms with van der Waals surface area (Å²) in [5, 5.41) is 11.1. The zero-order chi connectivity index (χ0) is 20.4. The van der Waals surface area contributed by atoms with Crippen LogP contribution >= 0.6 is 0 Å². The highest BCUT2D eigenvalue weighted by molar-refractivity contribution is 7.92. The van der Waals surface area contributed by atoms with Gasteiger partial charge in [-0.3, -0.25) is 10.1 Å². The average Bonchev–Trinajstić information content (AvgIpc) is 2.74. The number of nitrogens with zero attached hydrogens (tertiary/aromatic N) is 3. The molecule has 1 fully saturated rings. The monoisotopic (exact) mass is 419 g/mol. The Bertz CT molecular complexity index is 910. The number of sulfone groups is 1. The van der Waals surface area contributed by atoms with Gasteiger partial charge in [-0.2, -0.15) is 4.31 Å². The third-order valence-corrected chi connectivity index (χ3v) is 9.15. The Morgan fingerprint density at radius 1 is 1.26 bits per heavy atom. The molecular weight excluding hydrogens is 394 g/mol. The minimum atomic E-state index is -3.82. The molecule has 1 aromatic carbocycles. The Morgan fingerprint density at radius 2 is 1.89 bits per heavy atom. The summed E-state index contributed by atoms with van der Waals surface area (Å²) in [6, 6.07) is 3.81. The molecule has 0 saturated carbocycles. The molecule has 0 N–H and O–H groups in total. The van der Waals surface area contributed by atoms with Crippen molar-refractivity contribution in [1.82, 2.24) is 4.31 Å². The van der Waals surface area contributed by atoms with Gasteiger partial charge in [0.1, 0.15) is 5.69 Å². The van der Waals surface area contributed by atoms with E-state index < -0.39 is 30.0 Å². The molecule has 1 aliphatic rings. The number of rotatable bonds is 6. The summed E-state index contributed by atoms with van der Waals surface area (Å²) < 4.78 is 50.7. The van der Waals surface area contributed by atoms with Crippen LogP contribution in [0.1, 0.15) is 27.2 Å². The van der Waals surface area contributed by atoms with Crippen molar-refractivity contribution in [1.29, 1.82) is 0 Å². The molecule has 0 amide bonds. The van der Waals surface area contributed by atoms with Gasteiger partial charge < -0.3 is 4.90 Å². The maximum Gasteiger partial charge on any atom is 0.293 e. The molecule has 1 aromatic rings. The highest BCUT2D eigenvalue weighted by atomic mass is 32.2. The first-order chi connectivity index (χ1) is 12.5. The summed E-state index contributed by atoms with van der Waals surface area (Å²) in [4.78, 5) is 12.5. The van der Waals surface area contributed by atoms with Gasteiger partial charge in [0.2, 0.25) is 10.0 Å². The van der Waals surface area contributed by atoms with Crippen molar-refractivity contribution in [3.8, 4) is 0 Å². The second-order valence-corrected chi connectivity index (χ2v) is 10.9. The Labute approximate surface area is 160 Å². The van der Waals surface area contributed by atoms with Gasteiger partial charge in [0.05, 0.1) is 20.8 Å². The minimum Gasteiger partial charge on any atom is -0.365 e. The van der Waals surface area contributed by atoms with Crippen LogP contribution in [0.3, 0.4) is 0 Å². The average molecular weight is 420 g/mol. The van der Waals surface area contributed by atoms with E-state index in [0.29, 0.717) is 13.0 Å². The number of anilines is 1. The van der Waals surface area contributed by atoms with Gasteiger partial charge in [0.25, 0.3) is 5.69 Å². The van der Waals surface area contributed by atoms with E-state index in [9.17, 15) is 26.9 Å². The molecule has 152 valence electrons. The molecule has 1 saturated heterocycles. The Kier molecular flexibility index (Phi) is 6.48. The van der Waals surface area contributed by atoms with Crippen molar-refractivity contribution in [2.75, 3.05) is 36.8 Å². The molecule has 0 bridgehead atoms. The zero-order valence-corrected chi connectivity index (χ0v) is 17.3. The van der Waals surface area contributed by atoms with E-state index in [1.165, 1.54) is 16.4 Å². The van der Waals surface area contributed by atoms with Gasteiger partial charge in [-0.05, 0) is 25.5 Å². The topological polar surface area (TPSA) is 118 Å². The molecule has 1 aliphatic heterocycles. The maximum atomic E-state index is 12.7. The van der Waals surface area contributed by atoms with Crippen LogP contribution in [-0.4, -0.2) is 63.2 Å². The fraction of sp³-hybridized carbons (Fsp3) is 0.625. The van der Waals surface area contributed by atoms with Crippen molar-refractivity contribution in [3.05, 3.63) is 28.3 Å². The predicted octanol–water partition coefficient (Wildman–Crippen LogP) is 1.64. The first-order valence-corrected chi connectivity index (χ1v) is 11.9. The van der Waals surface area contributed by atoms with E-state index in [2.05, 4.69) is 0 Å². The van der Waals surface area contributed by atoms with Gasteiger partial charge in [-0.25, -0.2) is 16.8 Å². The minimum absolute atomic E-state index is 0.0924. The summed E-state index contributed by atoms with van der Waals surface area (Å²) in [7, 11) is -7.06. The number of nitro groups is 1. The van der Waals surface area contributed by atoms with Crippen LogP contribution in [-0.2, 0) is 19.9 Å². The number of hydrogen-bond acceptors (Lipinski definition) is 7. The Morgan fingerprint density at radius 3 is 2.44 bits per heavy atom. The summed E-state index contributed by atoms with van der Waals surface area (Å²) in [6.45, 7) is 6.03. The Hall–Kier alpha value is -1.72. The quantitative estimate of drug-likeness (QED) is 0.508. The van der Waals surface area contributed by atoms with Crippen LogP contribution in [0.2, 0.25) is 0 Å². The molecule has 11 heteroatoms. The molecule has 0 radical (unpaired) electrons. The van der Waals surface area contributed by atoms with Gasteiger partial charge in [-0.1, -0.05) is 13.8 Å². The summed E-state index contributed by atoms with van der Waals surface area (Å²) in [6.07, 6.45) is 0.360. The lowest BCUT2D eigenvalue weighted by atomic mass is 10.2. The SMILES string of the molecule is CCN(CC)S(=O)(=O)c1ccc(N2CCC(C)S(=O)(=O)CC2)c([N+](=O)[O-])c1. The van der Waals surface area contributed by atoms with E-state index in [-0.39, 0.29) is 41.7 Å². The highest BCUT2D eigenvalue weighted by Crippen LogP contribution is 2.33. The molecule has 9 nitrogen and oxygen atoms in total. The van der Waals surface area contributed by atoms with Crippen molar-refractivity contribution in [2.45, 2.75) is 37.3 Å². The number of hydrogen-bond donors (Lipinski definition) is 0. The number of benzene rings is 1. The van der Waals surface area contributed by atoms with Crippen LogP contribution < -0.4 is 4.90 Å². The third kappa shape index (κ3) is 4.41. The molecule has 27 heavy (non-hydrogen) atoms. The molecule has 0 aromatic heterocycles. The van der Waals surface area contributed by atoms with Crippen molar-refractivity contribution < 1.29 is 21.8 Å². The van der Waals surface area contributed by atoms with Crippen LogP contribution in [0.5, 0.6) is 0 Å². The summed E-state index contributed by atoms with van der Waals surface area (Å²) in [5.41, 5.74) is -0.0991. The van der Waals surface area contributed by atoms with Gasteiger partial charge in [0, 0.05) is 32.2 Å². The van der Waals surface area contributed by atoms with E-state index in [0.717, 1.165) is 6.07 Å². The van der Waals surface area contributed by atoms with Crippen LogP contribution in [0.4, 0.5) is 11.4 Å². The second-order valence-electron chi connectivity index (χ2n) is 6.45. The number of nitro benzene ring substituents is 1. The highest BCUT2D eigenvalue weighted by Gasteiger charge is 2.31. The standard InChI is InChI=1S/C16H25N3O6S2/c1-4-18(5-2)27(24,25)14-6-7-15(16(12-14)19(20)21)17-9-8-13(3)26(22,23)11-10-17/h6-7,12-13H,4-5,8-11H2,1-3H3. The largest absolute Gasteiger partial charge is 0.365 e. The lowest BCUT2D eigenvalue weighted by molar-refractivity contribution is -0.384. The van der Waals surface area contributed by atoms with Gasteiger partial charge in [-0.15, -0.1) is 0 Å². The van der Waals surface area contributed by atoms with Crippen molar-refractivity contribution in [3.63, 3.8) is 0 Å². The fourth-order valence-corrected chi connectivity index (χ4v) is 5.92. The van der Waals surface area contributed by atoms with E-state index in [1.807, 2.05) is 0 Å². The normalized spacial score (nSPS) is 20.4. The number of sulfonamides is 1. The fourth-order valence-electron chi connectivity index (χ4n) is 3.10. The predicted molar refractivity (Wildman–Crippen MR) is 103 cm³/mol. The second kappa shape index (κ2) is 8.11. The molecule has 1 unspecified atom stereocenters. The first-order valence-electron chi connectivity index (χ1n) is 8.79. The molecule has 2 rings (SSSR count). The van der Waals surface area contributed by atoms with E-state index >= 15 is 0 Å². The van der Waals surface area contributed by atoms with Crippen LogP contribution in [0.25, 0.3) is 0 Å². The zero-order valence-electron chi connectivity index (χ0n) is 15.7. The lowest BCUT2D eigenvalue weighted by Gasteiger charge is -2.23. The maximum absolute atomic E-state index is 12.7. The van der Waals surface area contributed by atoms with E-state index in [4.69, 9.17) is 0 Å². The summed E-state index contributed by atoms with van der Waals surface area (Å²) in [5.74, 6) is -0.0924.